The minimum atomic E-state index is -0.0300. The molecule has 90 valence electrons. The number of nitrogens with one attached hydrogen (secondary N) is 2. The van der Waals surface area contributed by atoms with E-state index in [9.17, 15) is 4.39 Å². The first-order chi connectivity index (χ1) is 8.26. The molecule has 0 saturated carbocycles. The van der Waals surface area contributed by atoms with Crippen molar-refractivity contribution in [1.82, 2.24) is 5.32 Å². The lowest BCUT2D eigenvalue weighted by Gasteiger charge is -2.16. The third-order valence-corrected chi connectivity index (χ3v) is 4.42. The Morgan fingerprint density at radius 2 is 2.29 bits per heavy atom. The van der Waals surface area contributed by atoms with Crippen LogP contribution >= 0.6 is 11.3 Å². The number of rotatable bonds is 1. The number of halogens is 1. The summed E-state index contributed by atoms with van der Waals surface area (Å²) in [6.45, 7) is 2.95. The van der Waals surface area contributed by atoms with Crippen molar-refractivity contribution in [2.75, 3.05) is 5.32 Å². The number of aryl methyl sites for hydroxylation is 1. The molecule has 1 aromatic heterocycles. The topological polar surface area (TPSA) is 24.1 Å². The number of hydrogen-bond donors (Lipinski definition) is 2. The molecule has 0 fully saturated rings. The van der Waals surface area contributed by atoms with Crippen molar-refractivity contribution >= 4 is 16.3 Å². The zero-order chi connectivity index (χ0) is 11.8. The molecule has 17 heavy (non-hydrogen) atoms. The summed E-state index contributed by atoms with van der Waals surface area (Å²) in [5.41, 5.74) is 3.32. The number of hydrogen-bond acceptors (Lipinski definition) is 3. The molecule has 0 amide bonds. The van der Waals surface area contributed by atoms with Crippen LogP contribution in [0.1, 0.15) is 30.2 Å². The summed E-state index contributed by atoms with van der Waals surface area (Å²) in [7, 11) is 0. The van der Waals surface area contributed by atoms with E-state index in [0.717, 1.165) is 30.8 Å². The third kappa shape index (κ3) is 1.97. The molecule has 0 spiro atoms. The van der Waals surface area contributed by atoms with Gasteiger partial charge in [0, 0.05) is 29.1 Å². The molecule has 1 aliphatic heterocycles. The van der Waals surface area contributed by atoms with Crippen LogP contribution in [0.3, 0.4) is 0 Å². The molecule has 0 unspecified atom stereocenters. The third-order valence-electron chi connectivity index (χ3n) is 3.18. The molecular weight excluding hydrogens is 235 g/mol. The minimum absolute atomic E-state index is 0.0300. The lowest BCUT2D eigenvalue weighted by atomic mass is 10.1. The zero-order valence-corrected chi connectivity index (χ0v) is 10.6. The number of thiophene rings is 1. The Kier molecular flexibility index (Phi) is 2.67. The lowest BCUT2D eigenvalue weighted by Crippen LogP contribution is -2.15. The van der Waals surface area contributed by atoms with E-state index in [4.69, 9.17) is 0 Å². The van der Waals surface area contributed by atoms with Crippen LogP contribution in [0.4, 0.5) is 9.39 Å². The lowest BCUT2D eigenvalue weighted by molar-refractivity contribution is 0.574. The van der Waals surface area contributed by atoms with E-state index >= 15 is 0 Å². The smallest absolute Gasteiger partial charge is 0.102 e. The second-order valence-corrected chi connectivity index (χ2v) is 5.52. The van der Waals surface area contributed by atoms with E-state index in [1.807, 2.05) is 0 Å². The van der Waals surface area contributed by atoms with Gasteiger partial charge < -0.3 is 10.6 Å². The number of allylic oxidation sites excluding steroid dienone is 3. The van der Waals surface area contributed by atoms with Crippen LogP contribution in [-0.2, 0) is 13.0 Å². The maximum absolute atomic E-state index is 13.2. The van der Waals surface area contributed by atoms with Crippen molar-refractivity contribution in [2.24, 2.45) is 0 Å². The van der Waals surface area contributed by atoms with Crippen molar-refractivity contribution in [2.45, 2.75) is 32.7 Å². The van der Waals surface area contributed by atoms with Gasteiger partial charge in [-0.25, -0.2) is 4.39 Å². The second-order valence-electron chi connectivity index (χ2n) is 4.38. The SMILES string of the molecule is CCc1cc2c(s1)NC1=C(C=C(F)CC1)NC2. The predicted molar refractivity (Wildman–Crippen MR) is 69.6 cm³/mol. The van der Waals surface area contributed by atoms with E-state index in [0.29, 0.717) is 6.42 Å². The van der Waals surface area contributed by atoms with Crippen molar-refractivity contribution in [3.8, 4) is 0 Å². The van der Waals surface area contributed by atoms with Crippen LogP contribution in [0.15, 0.2) is 29.4 Å². The van der Waals surface area contributed by atoms with Gasteiger partial charge in [-0.05, 0) is 25.0 Å². The highest BCUT2D eigenvalue weighted by Crippen LogP contribution is 2.35. The molecule has 2 N–H and O–H groups in total. The molecule has 0 atom stereocenters. The molecule has 0 radical (unpaired) electrons. The van der Waals surface area contributed by atoms with Gasteiger partial charge in [0.25, 0.3) is 0 Å². The Bertz CT molecular complexity index is 513. The quantitative estimate of drug-likeness (QED) is 0.794. The summed E-state index contributed by atoms with van der Waals surface area (Å²) in [6.07, 6.45) is 3.95. The van der Waals surface area contributed by atoms with Crippen LogP contribution in [0.2, 0.25) is 0 Å². The van der Waals surface area contributed by atoms with Gasteiger partial charge in [-0.1, -0.05) is 6.92 Å². The summed E-state index contributed by atoms with van der Waals surface area (Å²) in [6, 6.07) is 2.23. The molecule has 2 heterocycles. The standard InChI is InChI=1S/C13H15FN2S/c1-2-10-5-8-7-15-12-6-9(14)3-4-11(12)16-13(8)17-10/h5-6,15-16H,2-4,7H2,1H3. The van der Waals surface area contributed by atoms with Crippen LogP contribution in [-0.4, -0.2) is 0 Å². The summed E-state index contributed by atoms with van der Waals surface area (Å²) in [5.74, 6) is -0.0300. The van der Waals surface area contributed by atoms with Gasteiger partial charge in [-0.15, -0.1) is 11.3 Å². The molecule has 0 aromatic carbocycles. The van der Waals surface area contributed by atoms with E-state index in [1.165, 1.54) is 15.4 Å². The Labute approximate surface area is 104 Å². The van der Waals surface area contributed by atoms with Crippen LogP contribution in [0.5, 0.6) is 0 Å². The number of anilines is 1. The maximum atomic E-state index is 13.2. The van der Waals surface area contributed by atoms with Gasteiger partial charge in [0.2, 0.25) is 0 Å². The van der Waals surface area contributed by atoms with Gasteiger partial charge >= 0.3 is 0 Å². The normalized spacial score (nSPS) is 18.6. The van der Waals surface area contributed by atoms with Gasteiger partial charge in [0.1, 0.15) is 5.83 Å². The Morgan fingerprint density at radius 3 is 3.12 bits per heavy atom. The molecule has 2 nitrogen and oxygen atoms in total. The van der Waals surface area contributed by atoms with Gasteiger partial charge in [-0.2, -0.15) is 0 Å². The molecule has 0 bridgehead atoms. The van der Waals surface area contributed by atoms with Crippen molar-refractivity contribution < 1.29 is 4.39 Å². The van der Waals surface area contributed by atoms with Gasteiger partial charge in [-0.3, -0.25) is 0 Å². The predicted octanol–water partition coefficient (Wildman–Crippen LogP) is 3.68. The molecule has 2 aliphatic rings. The van der Waals surface area contributed by atoms with Gasteiger partial charge in [0.05, 0.1) is 10.7 Å². The first-order valence-electron chi connectivity index (χ1n) is 5.98. The van der Waals surface area contributed by atoms with Crippen molar-refractivity contribution in [1.29, 1.82) is 0 Å². The minimum Gasteiger partial charge on any atom is -0.379 e. The molecular formula is C13H15FN2S. The first kappa shape index (κ1) is 10.8. The van der Waals surface area contributed by atoms with E-state index in [-0.39, 0.29) is 5.83 Å². The molecule has 1 aromatic rings. The molecule has 0 saturated heterocycles. The second kappa shape index (κ2) is 4.18. The summed E-state index contributed by atoms with van der Waals surface area (Å²) in [5, 5.41) is 7.99. The Morgan fingerprint density at radius 1 is 1.41 bits per heavy atom. The Hall–Kier alpha value is -1.29. The fourth-order valence-electron chi connectivity index (χ4n) is 2.21. The molecule has 1 aliphatic carbocycles. The van der Waals surface area contributed by atoms with Crippen LogP contribution in [0, 0.1) is 0 Å². The Balaban J connectivity index is 1.95. The monoisotopic (exact) mass is 250 g/mol. The fourth-order valence-corrected chi connectivity index (χ4v) is 3.25. The van der Waals surface area contributed by atoms with Crippen LogP contribution in [0.25, 0.3) is 0 Å². The summed E-state index contributed by atoms with van der Waals surface area (Å²) in [4.78, 5) is 1.39. The molecule has 3 rings (SSSR count). The van der Waals surface area contributed by atoms with E-state index in [2.05, 4.69) is 23.6 Å². The van der Waals surface area contributed by atoms with Gasteiger partial charge in [0.15, 0.2) is 0 Å². The van der Waals surface area contributed by atoms with Crippen molar-refractivity contribution in [3.05, 3.63) is 39.8 Å². The summed E-state index contributed by atoms with van der Waals surface area (Å²) >= 11 is 1.81. The zero-order valence-electron chi connectivity index (χ0n) is 9.77. The average molecular weight is 250 g/mol. The largest absolute Gasteiger partial charge is 0.379 e. The van der Waals surface area contributed by atoms with E-state index in [1.54, 1.807) is 17.4 Å². The summed E-state index contributed by atoms with van der Waals surface area (Å²) < 4.78 is 13.2. The highest BCUT2D eigenvalue weighted by Gasteiger charge is 2.19. The highest BCUT2D eigenvalue weighted by atomic mass is 32.1. The number of fused-ring (bicyclic) bond motifs is 1. The maximum Gasteiger partial charge on any atom is 0.102 e. The molecule has 4 heteroatoms. The first-order valence-corrected chi connectivity index (χ1v) is 6.79. The van der Waals surface area contributed by atoms with Crippen molar-refractivity contribution in [3.63, 3.8) is 0 Å². The fraction of sp³-hybridized carbons (Fsp3) is 0.385. The average Bonchev–Trinajstić information content (AvgIpc) is 2.64. The van der Waals surface area contributed by atoms with E-state index < -0.39 is 0 Å². The highest BCUT2D eigenvalue weighted by molar-refractivity contribution is 7.16. The van der Waals surface area contributed by atoms with Crippen LogP contribution < -0.4 is 10.6 Å².